The summed E-state index contributed by atoms with van der Waals surface area (Å²) in [6.45, 7) is 5.47. The van der Waals surface area contributed by atoms with Crippen LogP contribution < -0.4 is 15.5 Å². The Hall–Kier alpha value is -3.65. The van der Waals surface area contributed by atoms with Crippen LogP contribution in [0.3, 0.4) is 0 Å². The van der Waals surface area contributed by atoms with Crippen molar-refractivity contribution >= 4 is 46.6 Å². The van der Waals surface area contributed by atoms with E-state index in [-0.39, 0.29) is 45.6 Å². The number of carbonyl (C=O) groups is 3. The largest absolute Gasteiger partial charge is 0.414 e. The predicted molar refractivity (Wildman–Crippen MR) is 151 cm³/mol. The molecule has 1 saturated heterocycles. The smallest absolute Gasteiger partial charge is 0.367 e. The maximum Gasteiger partial charge on any atom is 0.414 e. The minimum atomic E-state index is -4.94. The van der Waals surface area contributed by atoms with Crippen molar-refractivity contribution in [1.82, 2.24) is 15.2 Å². The molecule has 2 aromatic rings. The van der Waals surface area contributed by atoms with E-state index >= 15 is 4.39 Å². The van der Waals surface area contributed by atoms with Crippen molar-refractivity contribution in [2.24, 2.45) is 16.8 Å². The Kier molecular flexibility index (Phi) is 8.21. The van der Waals surface area contributed by atoms with Gasteiger partial charge in [-0.25, -0.2) is 14.4 Å². The molecule has 3 aliphatic rings. The van der Waals surface area contributed by atoms with E-state index in [0.717, 1.165) is 24.2 Å². The second-order valence-corrected chi connectivity index (χ2v) is 11.8. The number of hydrogen-bond acceptors (Lipinski definition) is 7. The van der Waals surface area contributed by atoms with Gasteiger partial charge in [0.1, 0.15) is 11.7 Å². The molecule has 14 heteroatoms. The van der Waals surface area contributed by atoms with Gasteiger partial charge in [0.2, 0.25) is 5.91 Å². The number of likely N-dealkylation sites (N-methyl/N-ethyl adjacent to an activating group) is 1. The van der Waals surface area contributed by atoms with E-state index < -0.39 is 35.3 Å². The molecular weight excluding hydrogens is 576 g/mol. The van der Waals surface area contributed by atoms with Crippen LogP contribution in [0, 0.1) is 17.7 Å². The molecule has 1 unspecified atom stereocenters. The number of rotatable bonds is 7. The minimum Gasteiger partial charge on any atom is -0.367 e. The number of benzene rings is 1. The molecule has 9 nitrogen and oxygen atoms in total. The fourth-order valence-electron chi connectivity index (χ4n) is 5.02. The molecule has 3 amide bonds. The Balaban J connectivity index is 1.49. The zero-order valence-electron chi connectivity index (χ0n) is 23.2. The zero-order valence-corrected chi connectivity index (χ0v) is 24.0. The summed E-state index contributed by atoms with van der Waals surface area (Å²) in [7, 11) is 1.97. The maximum atomic E-state index is 15.7. The second kappa shape index (κ2) is 11.6. The van der Waals surface area contributed by atoms with Crippen molar-refractivity contribution in [1.29, 1.82) is 0 Å². The molecule has 3 heterocycles. The average molecular weight is 607 g/mol. The normalized spacial score (nSPS) is 23.1. The summed E-state index contributed by atoms with van der Waals surface area (Å²) in [6.07, 6.45) is -1.86. The molecule has 2 aliphatic heterocycles. The van der Waals surface area contributed by atoms with Crippen LogP contribution in [0.2, 0.25) is 0 Å². The fourth-order valence-corrected chi connectivity index (χ4v) is 5.76. The van der Waals surface area contributed by atoms with Crippen molar-refractivity contribution in [2.75, 3.05) is 36.9 Å². The second-order valence-electron chi connectivity index (χ2n) is 11.0. The van der Waals surface area contributed by atoms with Crippen molar-refractivity contribution in [2.45, 2.75) is 44.9 Å². The van der Waals surface area contributed by atoms with Crippen LogP contribution in [-0.4, -0.2) is 78.8 Å². The number of halogens is 4. The van der Waals surface area contributed by atoms with Gasteiger partial charge in [-0.15, -0.1) is 11.3 Å². The summed E-state index contributed by atoms with van der Waals surface area (Å²) >= 11 is 1.04. The topological polar surface area (TPSA) is 107 Å². The maximum absolute atomic E-state index is 15.7. The number of amides is 3. The van der Waals surface area contributed by atoms with Gasteiger partial charge in [0, 0.05) is 55.0 Å². The minimum absolute atomic E-state index is 0.0270. The highest BCUT2D eigenvalue weighted by atomic mass is 32.1. The third-order valence-corrected chi connectivity index (χ3v) is 8.68. The van der Waals surface area contributed by atoms with Crippen molar-refractivity contribution < 1.29 is 31.9 Å². The third kappa shape index (κ3) is 6.38. The number of aromatic nitrogens is 1. The lowest BCUT2D eigenvalue weighted by Gasteiger charge is -2.44. The van der Waals surface area contributed by atoms with Crippen LogP contribution in [-0.2, 0) is 9.59 Å². The first-order chi connectivity index (χ1) is 19.8. The Morgan fingerprint density at radius 3 is 2.48 bits per heavy atom. The van der Waals surface area contributed by atoms with Gasteiger partial charge in [0.25, 0.3) is 11.8 Å². The number of aliphatic imine (C=N–C) groups is 1. The van der Waals surface area contributed by atoms with Gasteiger partial charge in [0.15, 0.2) is 5.01 Å². The third-order valence-electron chi connectivity index (χ3n) is 7.84. The summed E-state index contributed by atoms with van der Waals surface area (Å²) in [4.78, 5) is 49.1. The van der Waals surface area contributed by atoms with E-state index in [0.29, 0.717) is 37.8 Å². The van der Waals surface area contributed by atoms with Gasteiger partial charge >= 0.3 is 6.18 Å². The van der Waals surface area contributed by atoms with E-state index in [1.807, 2.05) is 25.8 Å². The number of anilines is 2. The van der Waals surface area contributed by atoms with Gasteiger partial charge in [0.05, 0.1) is 22.6 Å². The molecule has 0 radical (unpaired) electrons. The lowest BCUT2D eigenvalue weighted by atomic mass is 9.95. The molecule has 2 fully saturated rings. The van der Waals surface area contributed by atoms with Crippen LogP contribution in [0.25, 0.3) is 11.3 Å². The van der Waals surface area contributed by atoms with Gasteiger partial charge < -0.3 is 15.5 Å². The Morgan fingerprint density at radius 1 is 1.14 bits per heavy atom. The van der Waals surface area contributed by atoms with Gasteiger partial charge in [-0.1, -0.05) is 0 Å². The molecule has 224 valence electrons. The van der Waals surface area contributed by atoms with E-state index in [4.69, 9.17) is 0 Å². The Bertz CT molecular complexity index is 1460. The van der Waals surface area contributed by atoms with Crippen molar-refractivity contribution in [3.05, 3.63) is 40.0 Å². The van der Waals surface area contributed by atoms with Crippen LogP contribution >= 0.6 is 11.3 Å². The van der Waals surface area contributed by atoms with Crippen LogP contribution in [0.1, 0.15) is 36.5 Å². The fraction of sp³-hybridized carbons (Fsp3) is 0.464. The molecule has 5 rings (SSSR count). The molecule has 1 saturated carbocycles. The van der Waals surface area contributed by atoms with Gasteiger partial charge in [-0.3, -0.25) is 19.3 Å². The van der Waals surface area contributed by atoms with E-state index in [2.05, 4.69) is 25.5 Å². The molecule has 3 atom stereocenters. The van der Waals surface area contributed by atoms with Gasteiger partial charge in [-0.05, 0) is 51.8 Å². The molecule has 1 aliphatic carbocycles. The van der Waals surface area contributed by atoms with Crippen LogP contribution in [0.4, 0.5) is 28.9 Å². The molecule has 1 aromatic carbocycles. The number of thiazole rings is 1. The molecule has 0 spiro atoms. The first-order valence-electron chi connectivity index (χ1n) is 13.5. The lowest BCUT2D eigenvalue weighted by molar-refractivity contribution is -0.124. The van der Waals surface area contributed by atoms with E-state index in [9.17, 15) is 27.6 Å². The Morgan fingerprint density at radius 2 is 1.83 bits per heavy atom. The van der Waals surface area contributed by atoms with Crippen molar-refractivity contribution in [3.8, 4) is 11.3 Å². The first kappa shape index (κ1) is 29.8. The summed E-state index contributed by atoms with van der Waals surface area (Å²) in [5, 5.41) is 7.00. The summed E-state index contributed by atoms with van der Waals surface area (Å²) in [6, 6.07) is 2.67. The number of dihydropyridines is 1. The van der Waals surface area contributed by atoms with E-state index in [1.54, 1.807) is 0 Å². The molecule has 2 N–H and O–H groups in total. The summed E-state index contributed by atoms with van der Waals surface area (Å²) in [5.74, 6) is -4.65. The number of piperazine rings is 1. The Labute approximate surface area is 243 Å². The zero-order chi connectivity index (χ0) is 30.3. The quantitative estimate of drug-likeness (QED) is 0.456. The molecular formula is C28H30F4N6O3S. The standard InChI is InChI=1S/C28H30F4N6O3S/c1-14-11-38(12-15(2)37(14)3)23-8-20(29)17(22-13-42-27(36-22)26(41)34-9-16-4-5-16)6-21(23)35-25(40)18-10-33-24(39)7-19(18)28(30,31)32/h6-8,10,13-16,18H,4-5,9,11-12H2,1-3H3,(H,34,41)(H,35,40)/t14-,15+,18?. The molecule has 0 bridgehead atoms. The number of nitrogens with one attached hydrogen (secondary N) is 2. The number of alkyl halides is 3. The average Bonchev–Trinajstić information content (AvgIpc) is 3.63. The first-order valence-corrected chi connectivity index (χ1v) is 14.4. The highest BCUT2D eigenvalue weighted by molar-refractivity contribution is 7.12. The summed E-state index contributed by atoms with van der Waals surface area (Å²) in [5.41, 5.74) is -0.861. The van der Waals surface area contributed by atoms with Crippen LogP contribution in [0.15, 0.2) is 34.2 Å². The number of carbonyl (C=O) groups excluding carboxylic acids is 3. The number of hydrogen-bond donors (Lipinski definition) is 2. The van der Waals surface area contributed by atoms with Crippen LogP contribution in [0.5, 0.6) is 0 Å². The molecule has 42 heavy (non-hydrogen) atoms. The predicted octanol–water partition coefficient (Wildman–Crippen LogP) is 4.27. The summed E-state index contributed by atoms with van der Waals surface area (Å²) < 4.78 is 56.8. The molecule has 1 aromatic heterocycles. The lowest BCUT2D eigenvalue weighted by Crippen LogP contribution is -2.55. The highest BCUT2D eigenvalue weighted by Gasteiger charge is 2.43. The SMILES string of the molecule is C[C@@H]1CN(c2cc(F)c(-c3csc(C(=O)NCC4CC4)n3)cc2NC(=O)C2C=NC(=O)C=C2C(F)(F)F)C[C@H](C)N1C. The van der Waals surface area contributed by atoms with E-state index in [1.165, 1.54) is 17.5 Å². The number of nitrogens with zero attached hydrogens (tertiary/aromatic N) is 4. The van der Waals surface area contributed by atoms with Crippen molar-refractivity contribution in [3.63, 3.8) is 0 Å². The highest BCUT2D eigenvalue weighted by Crippen LogP contribution is 2.38. The monoisotopic (exact) mass is 606 g/mol. The van der Waals surface area contributed by atoms with Gasteiger partial charge in [-0.2, -0.15) is 13.2 Å².